The highest BCUT2D eigenvalue weighted by Crippen LogP contribution is 2.34. The Morgan fingerprint density at radius 3 is 2.69 bits per heavy atom. The number of aliphatic hydroxyl groups is 1. The van der Waals surface area contributed by atoms with Gasteiger partial charge in [-0.15, -0.1) is 0 Å². The summed E-state index contributed by atoms with van der Waals surface area (Å²) in [5.41, 5.74) is 2.40. The number of ether oxygens (including phenoxy) is 2. The molecular formula is C12H17NO3. The van der Waals surface area contributed by atoms with Crippen LogP contribution in [0.3, 0.4) is 0 Å². The Bertz CT molecular complexity index is 379. The van der Waals surface area contributed by atoms with Crippen LogP contribution in [0.4, 0.5) is 0 Å². The number of aryl methyl sites for hydroxylation is 1. The van der Waals surface area contributed by atoms with Crippen molar-refractivity contribution in [2.24, 2.45) is 0 Å². The molecule has 0 amide bonds. The lowest BCUT2D eigenvalue weighted by Gasteiger charge is -2.17. The fourth-order valence-electron chi connectivity index (χ4n) is 1.80. The summed E-state index contributed by atoms with van der Waals surface area (Å²) in [5, 5.41) is 8.85. The zero-order chi connectivity index (χ0) is 11.5. The summed E-state index contributed by atoms with van der Waals surface area (Å²) in [4.78, 5) is 2.07. The lowest BCUT2D eigenvalue weighted by atomic mass is 10.1. The zero-order valence-corrected chi connectivity index (χ0v) is 9.69. The van der Waals surface area contributed by atoms with E-state index in [0.717, 1.165) is 18.0 Å². The van der Waals surface area contributed by atoms with Crippen molar-refractivity contribution in [3.8, 4) is 11.5 Å². The summed E-state index contributed by atoms with van der Waals surface area (Å²) in [5.74, 6) is 1.64. The van der Waals surface area contributed by atoms with E-state index in [1.54, 1.807) is 0 Å². The van der Waals surface area contributed by atoms with Gasteiger partial charge in [-0.1, -0.05) is 0 Å². The molecule has 4 heteroatoms. The molecule has 1 aromatic carbocycles. The highest BCUT2D eigenvalue weighted by atomic mass is 16.7. The Kier molecular flexibility index (Phi) is 3.31. The van der Waals surface area contributed by atoms with Crippen molar-refractivity contribution in [1.82, 2.24) is 4.90 Å². The Balaban J connectivity index is 2.15. The number of nitrogens with zero attached hydrogens (tertiary/aromatic N) is 1. The third kappa shape index (κ3) is 2.28. The van der Waals surface area contributed by atoms with E-state index in [1.165, 1.54) is 11.1 Å². The van der Waals surface area contributed by atoms with Crippen molar-refractivity contribution >= 4 is 0 Å². The van der Waals surface area contributed by atoms with Crippen molar-refractivity contribution in [1.29, 1.82) is 0 Å². The van der Waals surface area contributed by atoms with Crippen LogP contribution in [0.15, 0.2) is 12.1 Å². The number of benzene rings is 1. The molecule has 0 bridgehead atoms. The maximum absolute atomic E-state index is 8.85. The summed E-state index contributed by atoms with van der Waals surface area (Å²) in [7, 11) is 1.99. The van der Waals surface area contributed by atoms with Gasteiger partial charge < -0.3 is 14.6 Å². The molecule has 0 radical (unpaired) electrons. The minimum atomic E-state index is 0.181. The van der Waals surface area contributed by atoms with Crippen LogP contribution in [0.25, 0.3) is 0 Å². The van der Waals surface area contributed by atoms with Gasteiger partial charge in [0.05, 0.1) is 6.61 Å². The molecule has 1 aromatic rings. The van der Waals surface area contributed by atoms with E-state index in [-0.39, 0.29) is 6.61 Å². The number of hydrogen-bond donors (Lipinski definition) is 1. The molecule has 1 N–H and O–H groups in total. The maximum Gasteiger partial charge on any atom is 0.231 e. The average Bonchev–Trinajstić information content (AvgIpc) is 2.65. The smallest absolute Gasteiger partial charge is 0.231 e. The van der Waals surface area contributed by atoms with Gasteiger partial charge >= 0.3 is 0 Å². The summed E-state index contributed by atoms with van der Waals surface area (Å²) in [6.07, 6.45) is 0. The molecule has 1 aliphatic rings. The predicted octanol–water partition coefficient (Wildman–Crippen LogP) is 1.15. The second-order valence-corrected chi connectivity index (χ2v) is 4.09. The predicted molar refractivity (Wildman–Crippen MR) is 60.7 cm³/mol. The number of aliphatic hydroxyl groups excluding tert-OH is 1. The molecule has 88 valence electrons. The van der Waals surface area contributed by atoms with Gasteiger partial charge in [0, 0.05) is 13.1 Å². The van der Waals surface area contributed by atoms with E-state index in [0.29, 0.717) is 13.3 Å². The molecule has 1 heterocycles. The lowest BCUT2D eigenvalue weighted by Crippen LogP contribution is -2.21. The van der Waals surface area contributed by atoms with Crippen molar-refractivity contribution in [2.75, 3.05) is 27.0 Å². The molecular weight excluding hydrogens is 206 g/mol. The molecule has 0 unspecified atom stereocenters. The quantitative estimate of drug-likeness (QED) is 0.831. The Hall–Kier alpha value is -1.26. The number of likely N-dealkylation sites (N-methyl/N-ethyl adjacent to an activating group) is 1. The van der Waals surface area contributed by atoms with Crippen LogP contribution < -0.4 is 9.47 Å². The molecule has 0 aliphatic carbocycles. The first-order chi connectivity index (χ1) is 7.70. The summed E-state index contributed by atoms with van der Waals surface area (Å²) >= 11 is 0. The molecule has 0 fully saturated rings. The van der Waals surface area contributed by atoms with Gasteiger partial charge in [-0.2, -0.15) is 0 Å². The second-order valence-electron chi connectivity index (χ2n) is 4.09. The van der Waals surface area contributed by atoms with Crippen LogP contribution in [0.1, 0.15) is 11.1 Å². The number of fused-ring (bicyclic) bond motifs is 1. The largest absolute Gasteiger partial charge is 0.454 e. The second kappa shape index (κ2) is 4.72. The maximum atomic E-state index is 8.85. The van der Waals surface area contributed by atoms with Crippen LogP contribution in [0.2, 0.25) is 0 Å². The third-order valence-electron chi connectivity index (χ3n) is 2.75. The number of hydrogen-bond acceptors (Lipinski definition) is 4. The molecule has 0 saturated carbocycles. The summed E-state index contributed by atoms with van der Waals surface area (Å²) in [6.45, 7) is 4.03. The van der Waals surface area contributed by atoms with Gasteiger partial charge in [-0.05, 0) is 37.2 Å². The number of rotatable bonds is 4. The van der Waals surface area contributed by atoms with Gasteiger partial charge in [-0.25, -0.2) is 0 Å². The molecule has 0 atom stereocenters. The summed E-state index contributed by atoms with van der Waals surface area (Å²) < 4.78 is 10.7. The highest BCUT2D eigenvalue weighted by Gasteiger charge is 2.16. The fraction of sp³-hybridized carbons (Fsp3) is 0.500. The van der Waals surface area contributed by atoms with E-state index in [9.17, 15) is 0 Å². The minimum absolute atomic E-state index is 0.181. The lowest BCUT2D eigenvalue weighted by molar-refractivity contribution is 0.174. The topological polar surface area (TPSA) is 41.9 Å². The van der Waals surface area contributed by atoms with Gasteiger partial charge in [0.2, 0.25) is 6.79 Å². The standard InChI is InChI=1S/C12H17NO3/c1-9-5-11-12(16-8-15-11)6-10(9)7-13(2)3-4-14/h5-6,14H,3-4,7-8H2,1-2H3. The average molecular weight is 223 g/mol. The van der Waals surface area contributed by atoms with Crippen LogP contribution in [0.5, 0.6) is 11.5 Å². The fourth-order valence-corrected chi connectivity index (χ4v) is 1.80. The normalized spacial score (nSPS) is 13.5. The molecule has 0 aromatic heterocycles. The summed E-state index contributed by atoms with van der Waals surface area (Å²) in [6, 6.07) is 4.02. The van der Waals surface area contributed by atoms with Crippen LogP contribution in [-0.4, -0.2) is 37.0 Å². The van der Waals surface area contributed by atoms with Gasteiger partial charge in [0.1, 0.15) is 0 Å². The Morgan fingerprint density at radius 1 is 1.31 bits per heavy atom. The van der Waals surface area contributed by atoms with E-state index in [2.05, 4.69) is 11.8 Å². The molecule has 0 saturated heterocycles. The monoisotopic (exact) mass is 223 g/mol. The highest BCUT2D eigenvalue weighted by molar-refractivity contribution is 5.48. The molecule has 2 rings (SSSR count). The zero-order valence-electron chi connectivity index (χ0n) is 9.69. The first-order valence-corrected chi connectivity index (χ1v) is 5.39. The van der Waals surface area contributed by atoms with E-state index < -0.39 is 0 Å². The van der Waals surface area contributed by atoms with Crippen molar-refractivity contribution in [3.63, 3.8) is 0 Å². The third-order valence-corrected chi connectivity index (χ3v) is 2.75. The van der Waals surface area contributed by atoms with Crippen molar-refractivity contribution < 1.29 is 14.6 Å². The first kappa shape index (κ1) is 11.2. The van der Waals surface area contributed by atoms with Crippen LogP contribution in [-0.2, 0) is 6.54 Å². The molecule has 0 spiro atoms. The first-order valence-electron chi connectivity index (χ1n) is 5.39. The molecule has 16 heavy (non-hydrogen) atoms. The van der Waals surface area contributed by atoms with Crippen molar-refractivity contribution in [3.05, 3.63) is 23.3 Å². The minimum Gasteiger partial charge on any atom is -0.454 e. The van der Waals surface area contributed by atoms with E-state index >= 15 is 0 Å². The van der Waals surface area contributed by atoms with E-state index in [4.69, 9.17) is 14.6 Å². The van der Waals surface area contributed by atoms with Crippen molar-refractivity contribution in [2.45, 2.75) is 13.5 Å². The van der Waals surface area contributed by atoms with Gasteiger partial charge in [0.25, 0.3) is 0 Å². The van der Waals surface area contributed by atoms with E-state index in [1.807, 2.05) is 19.2 Å². The van der Waals surface area contributed by atoms with Gasteiger partial charge in [0.15, 0.2) is 11.5 Å². The Labute approximate surface area is 95.4 Å². The van der Waals surface area contributed by atoms with Gasteiger partial charge in [-0.3, -0.25) is 4.90 Å². The molecule has 1 aliphatic heterocycles. The SMILES string of the molecule is Cc1cc2c(cc1CN(C)CCO)OCO2. The molecule has 4 nitrogen and oxygen atoms in total. The van der Waals surface area contributed by atoms with Crippen LogP contribution >= 0.6 is 0 Å². The Morgan fingerprint density at radius 2 is 2.00 bits per heavy atom. The van der Waals surface area contributed by atoms with Crippen LogP contribution in [0, 0.1) is 6.92 Å².